The predicted molar refractivity (Wildman–Crippen MR) is 84.2 cm³/mol. The number of hydrogen-bond acceptors (Lipinski definition) is 4. The number of alkyl halides is 3. The number of nitrogens with zero attached hydrogens (tertiary/aromatic N) is 1. The molecular formula is C17H19F3N2O3. The maximum atomic E-state index is 14.1. The number of benzene rings is 1. The van der Waals surface area contributed by atoms with Crippen molar-refractivity contribution < 1.29 is 27.5 Å². The van der Waals surface area contributed by atoms with Crippen LogP contribution in [0.4, 0.5) is 13.2 Å². The Bertz CT molecular complexity index is 726. The Hall–Kier alpha value is -2.51. The lowest BCUT2D eigenvalue weighted by Gasteiger charge is -2.48. The third-order valence-corrected chi connectivity index (χ3v) is 4.25. The molecule has 1 aromatic carbocycles. The molecule has 5 nitrogen and oxygen atoms in total. The fourth-order valence-electron chi connectivity index (χ4n) is 2.82. The van der Waals surface area contributed by atoms with E-state index in [-0.39, 0.29) is 17.9 Å². The lowest BCUT2D eigenvalue weighted by molar-refractivity contribution is -0.242. The van der Waals surface area contributed by atoms with Gasteiger partial charge in [-0.1, -0.05) is 29.8 Å². The van der Waals surface area contributed by atoms with Gasteiger partial charge in [-0.25, -0.2) is 4.79 Å². The summed E-state index contributed by atoms with van der Waals surface area (Å²) in [4.78, 5) is 25.2. The van der Waals surface area contributed by atoms with Gasteiger partial charge in [-0.2, -0.15) is 13.2 Å². The molecular weight excluding hydrogens is 337 g/mol. The molecule has 0 aromatic heterocycles. The average molecular weight is 356 g/mol. The van der Waals surface area contributed by atoms with Gasteiger partial charge in [0.15, 0.2) is 0 Å². The van der Waals surface area contributed by atoms with Gasteiger partial charge in [0.2, 0.25) is 5.66 Å². The summed E-state index contributed by atoms with van der Waals surface area (Å²) in [5, 5.41) is 1.98. The number of halogens is 3. The number of rotatable bonds is 3. The Kier molecular flexibility index (Phi) is 4.83. The van der Waals surface area contributed by atoms with Crippen molar-refractivity contribution in [2.24, 2.45) is 0 Å². The molecule has 0 spiro atoms. The second-order valence-corrected chi connectivity index (χ2v) is 5.77. The molecule has 8 heteroatoms. The Morgan fingerprint density at radius 2 is 1.80 bits per heavy atom. The minimum Gasteiger partial charge on any atom is -0.462 e. The van der Waals surface area contributed by atoms with Crippen molar-refractivity contribution in [3.63, 3.8) is 0 Å². The maximum Gasteiger partial charge on any atom is 0.435 e. The van der Waals surface area contributed by atoms with Gasteiger partial charge in [0, 0.05) is 18.3 Å². The number of hydrogen-bond donors (Lipinski definition) is 1. The Morgan fingerprint density at radius 1 is 1.24 bits per heavy atom. The van der Waals surface area contributed by atoms with Crippen LogP contribution in [-0.4, -0.2) is 36.6 Å². The summed E-state index contributed by atoms with van der Waals surface area (Å²) in [6.07, 6.45) is -4.83. The first-order valence-corrected chi connectivity index (χ1v) is 7.64. The molecule has 0 saturated heterocycles. The van der Waals surface area contributed by atoms with Gasteiger partial charge in [0.05, 0.1) is 6.61 Å². The molecule has 136 valence electrons. The Balaban J connectivity index is 2.67. The molecule has 0 unspecified atom stereocenters. The van der Waals surface area contributed by atoms with E-state index in [1.807, 2.05) is 5.32 Å². The van der Waals surface area contributed by atoms with Crippen molar-refractivity contribution in [1.82, 2.24) is 10.2 Å². The number of carbonyl (C=O) groups is 2. The van der Waals surface area contributed by atoms with E-state index < -0.39 is 29.3 Å². The zero-order valence-corrected chi connectivity index (χ0v) is 14.3. The van der Waals surface area contributed by atoms with Crippen LogP contribution in [0.3, 0.4) is 0 Å². The van der Waals surface area contributed by atoms with Gasteiger partial charge in [-0.15, -0.1) is 0 Å². The van der Waals surface area contributed by atoms with E-state index in [2.05, 4.69) is 0 Å². The van der Waals surface area contributed by atoms with Crippen molar-refractivity contribution in [3.05, 3.63) is 46.7 Å². The minimum absolute atomic E-state index is 0.00891. The van der Waals surface area contributed by atoms with Crippen LogP contribution in [0.25, 0.3) is 0 Å². The van der Waals surface area contributed by atoms with Crippen molar-refractivity contribution in [2.45, 2.75) is 32.6 Å². The monoisotopic (exact) mass is 356 g/mol. The van der Waals surface area contributed by atoms with Crippen molar-refractivity contribution in [3.8, 4) is 0 Å². The summed E-state index contributed by atoms with van der Waals surface area (Å²) in [7, 11) is 1.18. The SMILES string of the molecule is CCOC(=O)C1=C(C)N(C)[C@](c2ccc(C)cc2)(C(F)(F)F)NC1=O. The fraction of sp³-hybridized carbons (Fsp3) is 0.412. The molecule has 0 aliphatic carbocycles. The highest BCUT2D eigenvalue weighted by Crippen LogP contribution is 2.45. The van der Waals surface area contributed by atoms with Gasteiger partial charge < -0.3 is 15.0 Å². The van der Waals surface area contributed by atoms with Crippen LogP contribution >= 0.6 is 0 Å². The van der Waals surface area contributed by atoms with E-state index in [1.54, 1.807) is 13.8 Å². The highest BCUT2D eigenvalue weighted by molar-refractivity contribution is 6.17. The topological polar surface area (TPSA) is 58.6 Å². The minimum atomic E-state index is -4.83. The first-order chi connectivity index (χ1) is 11.6. The summed E-state index contributed by atoms with van der Waals surface area (Å²) < 4.78 is 47.0. The van der Waals surface area contributed by atoms with E-state index in [0.29, 0.717) is 0 Å². The lowest BCUT2D eigenvalue weighted by atomic mass is 9.91. The zero-order valence-electron chi connectivity index (χ0n) is 14.3. The quantitative estimate of drug-likeness (QED) is 0.668. The first-order valence-electron chi connectivity index (χ1n) is 7.64. The molecule has 1 N–H and O–H groups in total. The van der Waals surface area contributed by atoms with Crippen LogP contribution in [0.1, 0.15) is 25.0 Å². The van der Waals surface area contributed by atoms with Crippen LogP contribution < -0.4 is 5.32 Å². The molecule has 1 aromatic rings. The van der Waals surface area contributed by atoms with Crippen LogP contribution in [0, 0.1) is 6.92 Å². The van der Waals surface area contributed by atoms with Crippen LogP contribution in [0.2, 0.25) is 0 Å². The van der Waals surface area contributed by atoms with E-state index in [4.69, 9.17) is 4.74 Å². The van der Waals surface area contributed by atoms with Gasteiger partial charge in [-0.3, -0.25) is 4.79 Å². The number of carbonyl (C=O) groups excluding carboxylic acids is 2. The molecule has 1 amide bonds. The molecule has 0 radical (unpaired) electrons. The van der Waals surface area contributed by atoms with Gasteiger partial charge >= 0.3 is 12.1 Å². The predicted octanol–water partition coefficient (Wildman–Crippen LogP) is 2.61. The highest BCUT2D eigenvalue weighted by Gasteiger charge is 2.63. The molecule has 0 fully saturated rings. The van der Waals surface area contributed by atoms with Gasteiger partial charge in [0.25, 0.3) is 5.91 Å². The molecule has 1 aliphatic heterocycles. The molecule has 25 heavy (non-hydrogen) atoms. The van der Waals surface area contributed by atoms with Crippen molar-refractivity contribution in [1.29, 1.82) is 0 Å². The summed E-state index contributed by atoms with van der Waals surface area (Å²) in [5.41, 5.74) is -2.68. The lowest BCUT2D eigenvalue weighted by Crippen LogP contribution is -2.67. The van der Waals surface area contributed by atoms with Crippen LogP contribution in [0.5, 0.6) is 0 Å². The molecule has 2 rings (SSSR count). The largest absolute Gasteiger partial charge is 0.462 e. The van der Waals surface area contributed by atoms with Crippen LogP contribution in [0.15, 0.2) is 35.5 Å². The number of allylic oxidation sites excluding steroid dienone is 1. The number of ether oxygens (including phenoxy) is 1. The standard InChI is InChI=1S/C17H19F3N2O3/c1-5-25-15(24)13-11(3)22(4)16(17(18,19)20,21-14(13)23)12-8-6-10(2)7-9-12/h6-9H,5H2,1-4H3,(H,21,23)/t16-/m1/s1. The average Bonchev–Trinajstić information content (AvgIpc) is 2.51. The molecule has 1 heterocycles. The second-order valence-electron chi connectivity index (χ2n) is 5.77. The van der Waals surface area contributed by atoms with Crippen molar-refractivity contribution in [2.75, 3.05) is 13.7 Å². The normalized spacial score (nSPS) is 21.2. The number of esters is 1. The van der Waals surface area contributed by atoms with Gasteiger partial charge in [-0.05, 0) is 20.8 Å². The van der Waals surface area contributed by atoms with Crippen LogP contribution in [-0.2, 0) is 20.0 Å². The molecule has 1 atom stereocenters. The molecule has 1 aliphatic rings. The number of amides is 1. The summed E-state index contributed by atoms with van der Waals surface area (Å²) in [5.74, 6) is -2.07. The van der Waals surface area contributed by atoms with Crippen molar-refractivity contribution >= 4 is 11.9 Å². The molecule has 0 bridgehead atoms. The summed E-state index contributed by atoms with van der Waals surface area (Å²) in [6, 6.07) is 5.68. The molecule has 0 saturated carbocycles. The third-order valence-electron chi connectivity index (χ3n) is 4.25. The smallest absolute Gasteiger partial charge is 0.435 e. The zero-order chi connectivity index (χ0) is 19.0. The highest BCUT2D eigenvalue weighted by atomic mass is 19.4. The van der Waals surface area contributed by atoms with E-state index in [9.17, 15) is 22.8 Å². The van der Waals surface area contributed by atoms with E-state index in [0.717, 1.165) is 10.5 Å². The van der Waals surface area contributed by atoms with E-state index >= 15 is 0 Å². The number of aryl methyl sites for hydroxylation is 1. The number of nitrogens with one attached hydrogen (secondary N) is 1. The van der Waals surface area contributed by atoms with Gasteiger partial charge in [0.1, 0.15) is 5.57 Å². The fourth-order valence-corrected chi connectivity index (χ4v) is 2.82. The summed E-state index contributed by atoms with van der Waals surface area (Å²) in [6.45, 7) is 4.59. The Labute approximate surface area is 143 Å². The second kappa shape index (κ2) is 6.42. The third kappa shape index (κ3) is 2.96. The Morgan fingerprint density at radius 3 is 2.28 bits per heavy atom. The maximum absolute atomic E-state index is 14.1. The van der Waals surface area contributed by atoms with E-state index in [1.165, 1.54) is 38.2 Å². The first kappa shape index (κ1) is 18.8. The summed E-state index contributed by atoms with van der Waals surface area (Å²) >= 11 is 0.